The molecule has 0 bridgehead atoms. The van der Waals surface area contributed by atoms with Crippen LogP contribution in [0.15, 0.2) is 30.3 Å². The maximum Gasteiger partial charge on any atom is 0.169 e. The lowest BCUT2D eigenvalue weighted by molar-refractivity contribution is 0.0762. The van der Waals surface area contributed by atoms with Gasteiger partial charge in [0, 0.05) is 23.6 Å². The molecule has 98 valence electrons. The average Bonchev–Trinajstić information content (AvgIpc) is 3.20. The van der Waals surface area contributed by atoms with Crippen LogP contribution >= 0.6 is 0 Å². The zero-order valence-electron chi connectivity index (χ0n) is 11.6. The van der Waals surface area contributed by atoms with E-state index in [0.717, 1.165) is 24.7 Å². The number of nitrogens with zero attached hydrogens (tertiary/aromatic N) is 1. The fourth-order valence-electron chi connectivity index (χ4n) is 2.50. The molecule has 1 aliphatic carbocycles. The Hall–Kier alpha value is -1.15. The summed E-state index contributed by atoms with van der Waals surface area (Å²) in [7, 11) is 0. The van der Waals surface area contributed by atoms with Gasteiger partial charge in [0.1, 0.15) is 0 Å². The maximum absolute atomic E-state index is 12.5. The molecule has 2 heteroatoms. The summed E-state index contributed by atoms with van der Waals surface area (Å²) in [4.78, 5) is 15.0. The highest BCUT2D eigenvalue weighted by Gasteiger charge is 2.35. The van der Waals surface area contributed by atoms with E-state index in [9.17, 15) is 4.79 Å². The Morgan fingerprint density at radius 2 is 1.89 bits per heavy atom. The van der Waals surface area contributed by atoms with E-state index in [1.54, 1.807) is 0 Å². The highest BCUT2D eigenvalue weighted by atomic mass is 16.1. The van der Waals surface area contributed by atoms with Crippen LogP contribution < -0.4 is 0 Å². The first-order valence-corrected chi connectivity index (χ1v) is 6.88. The van der Waals surface area contributed by atoms with Gasteiger partial charge in [-0.05, 0) is 19.4 Å². The summed E-state index contributed by atoms with van der Waals surface area (Å²) in [6.45, 7) is 8.21. The molecule has 18 heavy (non-hydrogen) atoms. The number of Topliss-reactive ketones (excluding diaryl/α,β-unsaturated/α-hetero) is 1. The number of hydrogen-bond acceptors (Lipinski definition) is 2. The van der Waals surface area contributed by atoms with Crippen LogP contribution in [0.2, 0.25) is 0 Å². The summed E-state index contributed by atoms with van der Waals surface area (Å²) in [6, 6.07) is 10.4. The first-order chi connectivity index (χ1) is 8.54. The third-order valence-electron chi connectivity index (χ3n) is 3.72. The van der Waals surface area contributed by atoms with Gasteiger partial charge in [0.2, 0.25) is 0 Å². The lowest BCUT2D eigenvalue weighted by Crippen LogP contribution is -2.40. The maximum atomic E-state index is 12.5. The van der Waals surface area contributed by atoms with Crippen LogP contribution in [0.5, 0.6) is 0 Å². The van der Waals surface area contributed by atoms with Crippen molar-refractivity contribution < 1.29 is 4.79 Å². The van der Waals surface area contributed by atoms with Gasteiger partial charge in [-0.3, -0.25) is 9.69 Å². The van der Waals surface area contributed by atoms with Gasteiger partial charge in [0.25, 0.3) is 0 Å². The Kier molecular flexibility index (Phi) is 3.86. The fourth-order valence-corrected chi connectivity index (χ4v) is 2.50. The monoisotopic (exact) mass is 245 g/mol. The summed E-state index contributed by atoms with van der Waals surface area (Å²) in [5.41, 5.74) is 0.523. The van der Waals surface area contributed by atoms with E-state index in [1.807, 2.05) is 30.3 Å². The SMILES string of the molecule is CCN(CC(C)(C)C(=O)c1ccccc1)C1CC1. The lowest BCUT2D eigenvalue weighted by Gasteiger charge is -2.31. The van der Waals surface area contributed by atoms with Crippen LogP contribution in [0, 0.1) is 5.41 Å². The molecule has 0 saturated heterocycles. The van der Waals surface area contributed by atoms with E-state index in [2.05, 4.69) is 25.7 Å². The van der Waals surface area contributed by atoms with Crippen molar-refractivity contribution in [1.29, 1.82) is 0 Å². The van der Waals surface area contributed by atoms with Gasteiger partial charge in [-0.25, -0.2) is 0 Å². The molecule has 1 saturated carbocycles. The summed E-state index contributed by atoms with van der Waals surface area (Å²) >= 11 is 0. The second-order valence-corrected chi connectivity index (χ2v) is 5.87. The molecule has 0 atom stereocenters. The normalized spacial score (nSPS) is 16.0. The molecule has 0 spiro atoms. The van der Waals surface area contributed by atoms with Gasteiger partial charge in [0.05, 0.1) is 0 Å². The molecule has 0 N–H and O–H groups in total. The minimum absolute atomic E-state index is 0.252. The number of carbonyl (C=O) groups excluding carboxylic acids is 1. The highest BCUT2D eigenvalue weighted by molar-refractivity contribution is 6.00. The Labute approximate surface area is 110 Å². The molecule has 1 aromatic carbocycles. The van der Waals surface area contributed by atoms with E-state index in [4.69, 9.17) is 0 Å². The van der Waals surface area contributed by atoms with Crippen molar-refractivity contribution in [3.63, 3.8) is 0 Å². The zero-order chi connectivity index (χ0) is 13.2. The van der Waals surface area contributed by atoms with Gasteiger partial charge in [-0.15, -0.1) is 0 Å². The van der Waals surface area contributed by atoms with Crippen LogP contribution in [0.4, 0.5) is 0 Å². The van der Waals surface area contributed by atoms with Crippen molar-refractivity contribution >= 4 is 5.78 Å². The van der Waals surface area contributed by atoms with Gasteiger partial charge in [-0.2, -0.15) is 0 Å². The molecule has 0 radical (unpaired) electrons. The van der Waals surface area contributed by atoms with Crippen molar-refractivity contribution in [2.45, 2.75) is 39.7 Å². The largest absolute Gasteiger partial charge is 0.300 e. The van der Waals surface area contributed by atoms with Crippen molar-refractivity contribution in [3.05, 3.63) is 35.9 Å². The van der Waals surface area contributed by atoms with Crippen molar-refractivity contribution in [2.75, 3.05) is 13.1 Å². The number of benzene rings is 1. The first-order valence-electron chi connectivity index (χ1n) is 6.88. The molecule has 2 nitrogen and oxygen atoms in total. The highest BCUT2D eigenvalue weighted by Crippen LogP contribution is 2.31. The van der Waals surface area contributed by atoms with Crippen molar-refractivity contribution in [3.8, 4) is 0 Å². The molecular weight excluding hydrogens is 222 g/mol. The summed E-state index contributed by atoms with van der Waals surface area (Å²) in [5, 5.41) is 0. The Morgan fingerprint density at radius 3 is 2.39 bits per heavy atom. The molecule has 0 aromatic heterocycles. The van der Waals surface area contributed by atoms with E-state index in [0.29, 0.717) is 0 Å². The molecule has 1 aromatic rings. The molecule has 1 fully saturated rings. The van der Waals surface area contributed by atoms with Crippen LogP contribution in [0.1, 0.15) is 44.0 Å². The second-order valence-electron chi connectivity index (χ2n) is 5.87. The molecular formula is C16H23NO. The number of ketones is 1. The fraction of sp³-hybridized carbons (Fsp3) is 0.562. The van der Waals surface area contributed by atoms with Gasteiger partial charge < -0.3 is 0 Å². The molecule has 0 unspecified atom stereocenters. The number of carbonyl (C=O) groups is 1. The van der Waals surface area contributed by atoms with Crippen LogP contribution in [-0.2, 0) is 0 Å². The third kappa shape index (κ3) is 2.99. The Morgan fingerprint density at radius 1 is 1.28 bits per heavy atom. The summed E-state index contributed by atoms with van der Waals surface area (Å²) < 4.78 is 0. The molecule has 0 amide bonds. The third-order valence-corrected chi connectivity index (χ3v) is 3.72. The zero-order valence-corrected chi connectivity index (χ0v) is 11.6. The van der Waals surface area contributed by atoms with Crippen LogP contribution in [0.3, 0.4) is 0 Å². The van der Waals surface area contributed by atoms with E-state index in [1.165, 1.54) is 12.8 Å². The Balaban J connectivity index is 2.07. The quantitative estimate of drug-likeness (QED) is 0.716. The predicted molar refractivity (Wildman–Crippen MR) is 74.8 cm³/mol. The van der Waals surface area contributed by atoms with E-state index in [-0.39, 0.29) is 11.2 Å². The second kappa shape index (κ2) is 5.23. The molecule has 1 aliphatic rings. The van der Waals surface area contributed by atoms with E-state index < -0.39 is 0 Å². The predicted octanol–water partition coefficient (Wildman–Crippen LogP) is 3.38. The van der Waals surface area contributed by atoms with Gasteiger partial charge in [-0.1, -0.05) is 51.1 Å². The lowest BCUT2D eigenvalue weighted by atomic mass is 9.83. The summed E-state index contributed by atoms with van der Waals surface area (Å²) in [5.74, 6) is 0.252. The topological polar surface area (TPSA) is 20.3 Å². The average molecular weight is 245 g/mol. The number of rotatable bonds is 6. The van der Waals surface area contributed by atoms with Gasteiger partial charge >= 0.3 is 0 Å². The van der Waals surface area contributed by atoms with Crippen molar-refractivity contribution in [2.24, 2.45) is 5.41 Å². The molecule has 0 aliphatic heterocycles. The first kappa shape index (κ1) is 13.3. The van der Waals surface area contributed by atoms with Gasteiger partial charge in [0.15, 0.2) is 5.78 Å². The minimum Gasteiger partial charge on any atom is -0.300 e. The standard InChI is InChI=1S/C16H23NO/c1-4-17(14-10-11-14)12-16(2,3)15(18)13-8-6-5-7-9-13/h5-9,14H,4,10-12H2,1-3H3. The molecule has 2 rings (SSSR count). The minimum atomic E-state index is -0.306. The van der Waals surface area contributed by atoms with Crippen LogP contribution in [0.25, 0.3) is 0 Å². The van der Waals surface area contributed by atoms with E-state index >= 15 is 0 Å². The van der Waals surface area contributed by atoms with Crippen molar-refractivity contribution in [1.82, 2.24) is 4.90 Å². The molecule has 0 heterocycles. The summed E-state index contributed by atoms with van der Waals surface area (Å²) in [6.07, 6.45) is 2.59. The van der Waals surface area contributed by atoms with Crippen LogP contribution in [-0.4, -0.2) is 29.8 Å². The number of hydrogen-bond donors (Lipinski definition) is 0. The smallest absolute Gasteiger partial charge is 0.169 e. The Bertz CT molecular complexity index is 406.